The molecule has 25 heavy (non-hydrogen) atoms. The molecule has 136 valence electrons. The molecule has 0 saturated carbocycles. The van der Waals surface area contributed by atoms with Gasteiger partial charge in [-0.1, -0.05) is 0 Å². The molecule has 0 aromatic heterocycles. The number of aliphatic hydroxyl groups is 1. The number of aliphatic hydroxyl groups excluding tert-OH is 1. The summed E-state index contributed by atoms with van der Waals surface area (Å²) >= 11 is 0. The van der Waals surface area contributed by atoms with Gasteiger partial charge in [0.2, 0.25) is 0 Å². The molecular weight excluding hydrogens is 340 g/mol. The lowest BCUT2D eigenvalue weighted by Crippen LogP contribution is -2.28. The monoisotopic (exact) mass is 356 g/mol. The van der Waals surface area contributed by atoms with E-state index in [2.05, 4.69) is 4.90 Å². The van der Waals surface area contributed by atoms with Crippen LogP contribution in [0.5, 0.6) is 5.75 Å². The first-order chi connectivity index (χ1) is 11.7. The fraction of sp³-hybridized carbons (Fsp3) is 0.538. The van der Waals surface area contributed by atoms with Crippen molar-refractivity contribution in [1.82, 2.24) is 4.90 Å². The van der Waals surface area contributed by atoms with Crippen molar-refractivity contribution in [3.05, 3.63) is 42.5 Å². The van der Waals surface area contributed by atoms with Gasteiger partial charge in [0.05, 0.1) is 33.0 Å². The van der Waals surface area contributed by atoms with E-state index in [9.17, 15) is 35.4 Å². The van der Waals surface area contributed by atoms with Gasteiger partial charge in [0.15, 0.2) is 0 Å². The van der Waals surface area contributed by atoms with Crippen LogP contribution in [0.1, 0.15) is 19.3 Å². The Labute approximate surface area is 140 Å². The number of hydrogen-bond donors (Lipinski definition) is 2. The Kier molecular flexibility index (Phi) is 5.44. The molecular formula is C13H16N4O8. The molecule has 0 spiro atoms. The summed E-state index contributed by atoms with van der Waals surface area (Å²) in [5, 5.41) is 49.6. The number of non-ortho nitro benzene ring substituents is 1. The number of nitrogens with zero attached hydrogens (tertiary/aromatic N) is 4. The smallest absolute Gasteiger partial charge is 0.324 e. The molecule has 0 radical (unpaired) electrons. The van der Waals surface area contributed by atoms with E-state index in [0.717, 1.165) is 13.0 Å². The molecule has 12 heteroatoms. The average Bonchev–Trinajstić information content (AvgIpc) is 3.13. The number of nitro benzene ring substituents is 3. The molecule has 1 aromatic carbocycles. The van der Waals surface area contributed by atoms with Crippen LogP contribution in [0.4, 0.5) is 17.1 Å². The lowest BCUT2D eigenvalue weighted by molar-refractivity contribution is -0.404. The van der Waals surface area contributed by atoms with Crippen LogP contribution in [0.15, 0.2) is 12.1 Å². The predicted octanol–water partition coefficient (Wildman–Crippen LogP) is 1.33. The van der Waals surface area contributed by atoms with Gasteiger partial charge in [-0.2, -0.15) is 0 Å². The molecule has 0 aliphatic carbocycles. The molecule has 0 amide bonds. The maximum Gasteiger partial charge on any atom is 0.324 e. The summed E-state index contributed by atoms with van der Waals surface area (Å²) in [6.45, 7) is 2.35. The normalized spacial score (nSPS) is 22.0. The van der Waals surface area contributed by atoms with Crippen LogP contribution >= 0.6 is 0 Å². The molecule has 1 aromatic rings. The van der Waals surface area contributed by atoms with Gasteiger partial charge in [-0.25, -0.2) is 0 Å². The minimum atomic E-state index is -1.21. The van der Waals surface area contributed by atoms with Gasteiger partial charge in [-0.05, 0) is 25.8 Å². The van der Waals surface area contributed by atoms with E-state index in [1.54, 1.807) is 0 Å². The van der Waals surface area contributed by atoms with Crippen LogP contribution in [0, 0.1) is 30.3 Å². The van der Waals surface area contributed by atoms with Gasteiger partial charge < -0.3 is 10.2 Å². The van der Waals surface area contributed by atoms with E-state index >= 15 is 0 Å². The standard InChI is InChI=1S/C7H13NO.C6H3N3O7/c9-7-3-5-8-4-1-2-6(7)8;10-6-4(8(13)14)1-3(7(11)12)2-5(6)9(15)16/h6-7,9H,1-5H2;1-2,10H. The zero-order chi connectivity index (χ0) is 18.7. The van der Waals surface area contributed by atoms with Crippen molar-refractivity contribution in [1.29, 1.82) is 0 Å². The number of benzene rings is 1. The predicted molar refractivity (Wildman–Crippen MR) is 83.3 cm³/mol. The molecule has 2 N–H and O–H groups in total. The molecule has 2 aliphatic heterocycles. The lowest BCUT2D eigenvalue weighted by Gasteiger charge is -2.15. The van der Waals surface area contributed by atoms with E-state index in [4.69, 9.17) is 5.11 Å². The molecule has 12 nitrogen and oxygen atoms in total. The quantitative estimate of drug-likeness (QED) is 0.598. The van der Waals surface area contributed by atoms with Crippen molar-refractivity contribution < 1.29 is 25.0 Å². The van der Waals surface area contributed by atoms with Gasteiger partial charge in [0.25, 0.3) is 11.4 Å². The molecule has 2 saturated heterocycles. The molecule has 2 heterocycles. The Balaban J connectivity index is 0.000000208. The summed E-state index contributed by atoms with van der Waals surface area (Å²) < 4.78 is 0. The molecule has 2 fully saturated rings. The Morgan fingerprint density at radius 3 is 1.96 bits per heavy atom. The summed E-state index contributed by atoms with van der Waals surface area (Å²) in [5.74, 6) is -1.21. The van der Waals surface area contributed by atoms with Gasteiger partial charge >= 0.3 is 11.4 Å². The van der Waals surface area contributed by atoms with Crippen LogP contribution < -0.4 is 0 Å². The minimum Gasteiger partial charge on any atom is -0.497 e. The Hall–Kier alpha value is -2.86. The highest BCUT2D eigenvalue weighted by atomic mass is 16.6. The summed E-state index contributed by atoms with van der Waals surface area (Å²) in [5.41, 5.74) is -3.00. The number of phenolic OH excluding ortho intramolecular Hbond substituents is 1. The number of hydrogen-bond acceptors (Lipinski definition) is 9. The van der Waals surface area contributed by atoms with E-state index < -0.39 is 37.6 Å². The molecule has 2 aliphatic rings. The third-order valence-corrected chi connectivity index (χ3v) is 4.23. The summed E-state index contributed by atoms with van der Waals surface area (Å²) in [7, 11) is 0. The topological polar surface area (TPSA) is 173 Å². The third-order valence-electron chi connectivity index (χ3n) is 4.23. The van der Waals surface area contributed by atoms with Crippen molar-refractivity contribution in [3.63, 3.8) is 0 Å². The highest BCUT2D eigenvalue weighted by molar-refractivity contribution is 5.64. The van der Waals surface area contributed by atoms with Crippen LogP contribution in [0.25, 0.3) is 0 Å². The van der Waals surface area contributed by atoms with Crippen LogP contribution in [-0.4, -0.2) is 55.1 Å². The number of nitro groups is 3. The molecule has 0 bridgehead atoms. The second-order valence-corrected chi connectivity index (χ2v) is 5.71. The largest absolute Gasteiger partial charge is 0.497 e. The minimum absolute atomic E-state index is 0.00694. The van der Waals surface area contributed by atoms with Crippen molar-refractivity contribution in [2.75, 3.05) is 13.1 Å². The average molecular weight is 356 g/mol. The second-order valence-electron chi connectivity index (χ2n) is 5.71. The fourth-order valence-corrected chi connectivity index (χ4v) is 3.03. The summed E-state index contributed by atoms with van der Waals surface area (Å²) in [4.78, 5) is 30.2. The Bertz CT molecular complexity index is 674. The summed E-state index contributed by atoms with van der Waals surface area (Å²) in [6, 6.07) is 1.43. The zero-order valence-corrected chi connectivity index (χ0v) is 13.0. The van der Waals surface area contributed by atoms with E-state index in [1.807, 2.05) is 0 Å². The number of phenols is 1. The first-order valence-corrected chi connectivity index (χ1v) is 7.44. The van der Waals surface area contributed by atoms with E-state index in [1.165, 1.54) is 19.4 Å². The van der Waals surface area contributed by atoms with Crippen molar-refractivity contribution in [2.24, 2.45) is 0 Å². The maximum absolute atomic E-state index is 10.4. The number of rotatable bonds is 3. The van der Waals surface area contributed by atoms with Crippen molar-refractivity contribution >= 4 is 17.1 Å². The number of fused-ring (bicyclic) bond motifs is 1. The first-order valence-electron chi connectivity index (χ1n) is 7.44. The number of aromatic hydroxyl groups is 1. The van der Waals surface area contributed by atoms with Gasteiger partial charge in [-0.3, -0.25) is 35.2 Å². The van der Waals surface area contributed by atoms with Gasteiger partial charge in [0, 0.05) is 12.6 Å². The molecule has 2 unspecified atom stereocenters. The SMILES string of the molecule is O=[N+]([O-])c1cc([N+](=O)[O-])c(O)c([N+](=O)[O-])c1.OC1CCN2CCCC12. The highest BCUT2D eigenvalue weighted by Crippen LogP contribution is 2.38. The van der Waals surface area contributed by atoms with Crippen LogP contribution in [0.2, 0.25) is 0 Å². The van der Waals surface area contributed by atoms with Crippen LogP contribution in [-0.2, 0) is 0 Å². The van der Waals surface area contributed by atoms with E-state index in [0.29, 0.717) is 18.2 Å². The Morgan fingerprint density at radius 1 is 0.960 bits per heavy atom. The fourth-order valence-electron chi connectivity index (χ4n) is 3.03. The lowest BCUT2D eigenvalue weighted by atomic mass is 10.1. The maximum atomic E-state index is 10.4. The van der Waals surface area contributed by atoms with Gasteiger partial charge in [-0.15, -0.1) is 0 Å². The van der Waals surface area contributed by atoms with Crippen molar-refractivity contribution in [3.8, 4) is 5.75 Å². The third kappa shape index (κ3) is 3.97. The van der Waals surface area contributed by atoms with Crippen LogP contribution in [0.3, 0.4) is 0 Å². The first kappa shape index (κ1) is 18.5. The highest BCUT2D eigenvalue weighted by Gasteiger charge is 2.35. The molecule has 2 atom stereocenters. The Morgan fingerprint density at radius 2 is 1.52 bits per heavy atom. The van der Waals surface area contributed by atoms with Gasteiger partial charge in [0.1, 0.15) is 0 Å². The summed E-state index contributed by atoms with van der Waals surface area (Å²) in [6.07, 6.45) is 3.51. The second kappa shape index (κ2) is 7.36. The molecule has 3 rings (SSSR count). The van der Waals surface area contributed by atoms with E-state index in [-0.39, 0.29) is 6.10 Å². The zero-order valence-electron chi connectivity index (χ0n) is 13.0. The van der Waals surface area contributed by atoms with Crippen molar-refractivity contribution in [2.45, 2.75) is 31.4 Å².